The molecule has 0 saturated carbocycles. The fourth-order valence-corrected chi connectivity index (χ4v) is 2.99. The number of carbonyl (C=O) groups is 2. The lowest BCUT2D eigenvalue weighted by Gasteiger charge is -2.31. The third-order valence-electron chi connectivity index (χ3n) is 4.54. The summed E-state index contributed by atoms with van der Waals surface area (Å²) in [6.07, 6.45) is 2.87. The topological polar surface area (TPSA) is 67.9 Å². The SMILES string of the molecule is COCCN1CC(C(=O)NCCCc2ccc(OC)cc2)CCC1=O. The van der Waals surface area contributed by atoms with E-state index in [1.807, 2.05) is 24.3 Å². The number of nitrogens with one attached hydrogen (secondary N) is 1. The lowest BCUT2D eigenvalue weighted by molar-refractivity contribution is -0.138. The summed E-state index contributed by atoms with van der Waals surface area (Å²) in [5, 5.41) is 3.00. The first kappa shape index (κ1) is 19.2. The number of benzene rings is 1. The van der Waals surface area contributed by atoms with Gasteiger partial charge in [-0.3, -0.25) is 9.59 Å². The number of amides is 2. The van der Waals surface area contributed by atoms with Crippen molar-refractivity contribution in [2.45, 2.75) is 25.7 Å². The summed E-state index contributed by atoms with van der Waals surface area (Å²) >= 11 is 0. The van der Waals surface area contributed by atoms with E-state index in [2.05, 4.69) is 5.32 Å². The number of rotatable bonds is 9. The van der Waals surface area contributed by atoms with Gasteiger partial charge >= 0.3 is 0 Å². The van der Waals surface area contributed by atoms with Crippen LogP contribution in [0.1, 0.15) is 24.8 Å². The summed E-state index contributed by atoms with van der Waals surface area (Å²) in [7, 11) is 3.27. The molecule has 6 heteroatoms. The van der Waals surface area contributed by atoms with E-state index in [4.69, 9.17) is 9.47 Å². The van der Waals surface area contributed by atoms with Gasteiger partial charge < -0.3 is 19.7 Å². The molecule has 25 heavy (non-hydrogen) atoms. The average molecular weight is 348 g/mol. The number of nitrogens with zero attached hydrogens (tertiary/aromatic N) is 1. The summed E-state index contributed by atoms with van der Waals surface area (Å²) in [5.41, 5.74) is 1.23. The fourth-order valence-electron chi connectivity index (χ4n) is 2.99. The van der Waals surface area contributed by atoms with Gasteiger partial charge in [-0.05, 0) is 37.0 Å². The minimum atomic E-state index is -0.115. The first-order chi connectivity index (χ1) is 12.1. The second kappa shape index (κ2) is 10.0. The standard InChI is InChI=1S/C19H28N2O4/c1-24-13-12-21-14-16(7-10-18(21)22)19(23)20-11-3-4-15-5-8-17(25-2)9-6-15/h5-6,8-9,16H,3-4,7,10-14H2,1-2H3,(H,20,23). The number of hydrogen-bond acceptors (Lipinski definition) is 4. The van der Waals surface area contributed by atoms with Crippen molar-refractivity contribution in [1.82, 2.24) is 10.2 Å². The Hall–Kier alpha value is -2.08. The molecule has 0 aliphatic carbocycles. The molecule has 1 saturated heterocycles. The zero-order chi connectivity index (χ0) is 18.1. The first-order valence-corrected chi connectivity index (χ1v) is 8.81. The predicted octanol–water partition coefficient (Wildman–Crippen LogP) is 1.63. The smallest absolute Gasteiger partial charge is 0.224 e. The van der Waals surface area contributed by atoms with Crippen molar-refractivity contribution in [2.24, 2.45) is 5.92 Å². The van der Waals surface area contributed by atoms with Crippen LogP contribution in [0.25, 0.3) is 0 Å². The van der Waals surface area contributed by atoms with E-state index in [-0.39, 0.29) is 17.7 Å². The Bertz CT molecular complexity index is 559. The van der Waals surface area contributed by atoms with E-state index >= 15 is 0 Å². The van der Waals surface area contributed by atoms with Crippen LogP contribution < -0.4 is 10.1 Å². The Labute approximate surface area is 149 Å². The molecule has 6 nitrogen and oxygen atoms in total. The summed E-state index contributed by atoms with van der Waals surface area (Å²) in [6, 6.07) is 7.98. The molecule has 1 fully saturated rings. The van der Waals surface area contributed by atoms with Crippen LogP contribution in [0.3, 0.4) is 0 Å². The highest BCUT2D eigenvalue weighted by molar-refractivity contribution is 5.83. The molecular formula is C19H28N2O4. The van der Waals surface area contributed by atoms with Gasteiger partial charge in [0.05, 0.1) is 19.6 Å². The molecule has 1 unspecified atom stereocenters. The number of hydrogen-bond donors (Lipinski definition) is 1. The molecule has 1 aliphatic rings. The third-order valence-corrected chi connectivity index (χ3v) is 4.54. The van der Waals surface area contributed by atoms with Crippen LogP contribution in [0.5, 0.6) is 5.75 Å². The van der Waals surface area contributed by atoms with Gasteiger partial charge in [-0.15, -0.1) is 0 Å². The number of methoxy groups -OCH3 is 2. The van der Waals surface area contributed by atoms with Gasteiger partial charge in [0, 0.05) is 33.2 Å². The highest BCUT2D eigenvalue weighted by atomic mass is 16.5. The van der Waals surface area contributed by atoms with Crippen molar-refractivity contribution < 1.29 is 19.1 Å². The normalized spacial score (nSPS) is 17.4. The molecule has 1 atom stereocenters. The number of likely N-dealkylation sites (tertiary alicyclic amines) is 1. The zero-order valence-electron chi connectivity index (χ0n) is 15.1. The number of aryl methyl sites for hydroxylation is 1. The zero-order valence-corrected chi connectivity index (χ0v) is 15.1. The van der Waals surface area contributed by atoms with Crippen molar-refractivity contribution in [2.75, 3.05) is 40.5 Å². The third kappa shape index (κ3) is 6.05. The van der Waals surface area contributed by atoms with E-state index in [9.17, 15) is 9.59 Å². The van der Waals surface area contributed by atoms with Crippen LogP contribution in [0.2, 0.25) is 0 Å². The maximum Gasteiger partial charge on any atom is 0.224 e. The molecule has 2 amide bonds. The van der Waals surface area contributed by atoms with E-state index in [1.165, 1.54) is 5.56 Å². The van der Waals surface area contributed by atoms with Crippen molar-refractivity contribution in [3.8, 4) is 5.75 Å². The summed E-state index contributed by atoms with van der Waals surface area (Å²) in [6.45, 7) is 2.19. The molecule has 0 aromatic heterocycles. The molecule has 1 aromatic carbocycles. The van der Waals surface area contributed by atoms with E-state index in [1.54, 1.807) is 19.1 Å². The summed E-state index contributed by atoms with van der Waals surface area (Å²) in [4.78, 5) is 25.9. The molecule has 0 bridgehead atoms. The number of piperidine rings is 1. The van der Waals surface area contributed by atoms with E-state index in [0.29, 0.717) is 39.1 Å². The number of ether oxygens (including phenoxy) is 2. The van der Waals surface area contributed by atoms with Gasteiger partial charge in [-0.25, -0.2) is 0 Å². The molecule has 1 aliphatic heterocycles. The van der Waals surface area contributed by atoms with Crippen LogP contribution in [-0.2, 0) is 20.7 Å². The highest BCUT2D eigenvalue weighted by Crippen LogP contribution is 2.18. The molecule has 2 rings (SSSR count). The number of carbonyl (C=O) groups excluding carboxylic acids is 2. The van der Waals surface area contributed by atoms with Crippen molar-refractivity contribution in [3.63, 3.8) is 0 Å². The molecule has 0 radical (unpaired) electrons. The Balaban J connectivity index is 1.69. The molecule has 138 valence electrons. The van der Waals surface area contributed by atoms with Gasteiger partial charge in [0.1, 0.15) is 5.75 Å². The largest absolute Gasteiger partial charge is 0.497 e. The Kier molecular flexibility index (Phi) is 7.73. The molecular weight excluding hydrogens is 320 g/mol. The van der Waals surface area contributed by atoms with Gasteiger partial charge in [0.25, 0.3) is 0 Å². The summed E-state index contributed by atoms with van der Waals surface area (Å²) < 4.78 is 10.2. The monoisotopic (exact) mass is 348 g/mol. The maximum absolute atomic E-state index is 12.3. The van der Waals surface area contributed by atoms with Gasteiger partial charge in [0.2, 0.25) is 11.8 Å². The Morgan fingerprint density at radius 3 is 2.72 bits per heavy atom. The van der Waals surface area contributed by atoms with Crippen LogP contribution >= 0.6 is 0 Å². The molecule has 1 aromatic rings. The lowest BCUT2D eigenvalue weighted by Crippen LogP contribution is -2.46. The van der Waals surface area contributed by atoms with E-state index < -0.39 is 0 Å². The summed E-state index contributed by atoms with van der Waals surface area (Å²) in [5.74, 6) is 0.891. The van der Waals surface area contributed by atoms with Gasteiger partial charge in [-0.1, -0.05) is 12.1 Å². The maximum atomic E-state index is 12.3. The van der Waals surface area contributed by atoms with Gasteiger partial charge in [-0.2, -0.15) is 0 Å². The van der Waals surface area contributed by atoms with Crippen molar-refractivity contribution in [3.05, 3.63) is 29.8 Å². The molecule has 0 spiro atoms. The van der Waals surface area contributed by atoms with Crippen molar-refractivity contribution >= 4 is 11.8 Å². The minimum absolute atomic E-state index is 0.0460. The Morgan fingerprint density at radius 2 is 2.04 bits per heavy atom. The molecule has 1 N–H and O–H groups in total. The lowest BCUT2D eigenvalue weighted by atomic mass is 9.96. The fraction of sp³-hybridized carbons (Fsp3) is 0.579. The highest BCUT2D eigenvalue weighted by Gasteiger charge is 2.29. The van der Waals surface area contributed by atoms with Crippen LogP contribution in [0.4, 0.5) is 0 Å². The van der Waals surface area contributed by atoms with E-state index in [0.717, 1.165) is 18.6 Å². The molecule has 1 heterocycles. The minimum Gasteiger partial charge on any atom is -0.497 e. The van der Waals surface area contributed by atoms with Crippen LogP contribution in [0.15, 0.2) is 24.3 Å². The second-order valence-electron chi connectivity index (χ2n) is 6.31. The van der Waals surface area contributed by atoms with Crippen molar-refractivity contribution in [1.29, 1.82) is 0 Å². The second-order valence-corrected chi connectivity index (χ2v) is 6.31. The van der Waals surface area contributed by atoms with Crippen LogP contribution in [0, 0.1) is 5.92 Å². The van der Waals surface area contributed by atoms with Gasteiger partial charge in [0.15, 0.2) is 0 Å². The average Bonchev–Trinajstić information content (AvgIpc) is 2.65. The van der Waals surface area contributed by atoms with Crippen LogP contribution in [-0.4, -0.2) is 57.2 Å². The Morgan fingerprint density at radius 1 is 1.28 bits per heavy atom. The quantitative estimate of drug-likeness (QED) is 0.689. The first-order valence-electron chi connectivity index (χ1n) is 8.81. The predicted molar refractivity (Wildman–Crippen MR) is 95.5 cm³/mol.